The van der Waals surface area contributed by atoms with Crippen molar-refractivity contribution >= 4 is 15.7 Å². The molecule has 15 heavy (non-hydrogen) atoms. The lowest BCUT2D eigenvalue weighted by molar-refractivity contribution is -0.120. The minimum Gasteiger partial charge on any atom is -0.353 e. The molecule has 0 saturated carbocycles. The number of hydrogen-bond acceptors (Lipinski definition) is 4. The fourth-order valence-corrected chi connectivity index (χ4v) is 3.45. The Balaban J connectivity index is 2.58. The number of hydrogen-bond donors (Lipinski definition) is 2. The molecule has 1 aliphatic heterocycles. The van der Waals surface area contributed by atoms with E-state index in [-0.39, 0.29) is 11.8 Å². The van der Waals surface area contributed by atoms with Gasteiger partial charge in [-0.05, 0) is 19.8 Å². The second kappa shape index (κ2) is 4.94. The maximum absolute atomic E-state index is 11.6. The zero-order valence-electron chi connectivity index (χ0n) is 8.90. The van der Waals surface area contributed by atoms with E-state index in [1.807, 2.05) is 0 Å². The van der Waals surface area contributed by atoms with E-state index in [9.17, 15) is 13.2 Å². The van der Waals surface area contributed by atoms with E-state index in [0.717, 1.165) is 6.42 Å². The summed E-state index contributed by atoms with van der Waals surface area (Å²) in [6.07, 6.45) is 1.90. The molecule has 3 N–H and O–H groups in total. The maximum atomic E-state index is 11.6. The van der Waals surface area contributed by atoms with Gasteiger partial charge in [-0.15, -0.1) is 0 Å². The molecular formula is C9H18N2O3S. The molecule has 1 saturated heterocycles. The number of rotatable bonds is 3. The Morgan fingerprint density at radius 1 is 1.53 bits per heavy atom. The van der Waals surface area contributed by atoms with Crippen molar-refractivity contribution in [2.24, 2.45) is 5.73 Å². The van der Waals surface area contributed by atoms with Crippen molar-refractivity contribution in [3.05, 3.63) is 0 Å². The molecule has 0 aromatic heterocycles. The second-order valence-electron chi connectivity index (χ2n) is 4.07. The molecule has 0 radical (unpaired) electrons. The van der Waals surface area contributed by atoms with E-state index < -0.39 is 21.0 Å². The molecule has 0 aromatic carbocycles. The Kier molecular flexibility index (Phi) is 4.10. The molecule has 1 rings (SSSR count). The molecule has 0 aromatic rings. The summed E-state index contributed by atoms with van der Waals surface area (Å²) < 4.78 is 23.2. The number of carbonyl (C=O) groups is 1. The summed E-state index contributed by atoms with van der Waals surface area (Å²) in [5.41, 5.74) is 5.47. The molecule has 0 bridgehead atoms. The van der Waals surface area contributed by atoms with E-state index in [1.165, 1.54) is 0 Å². The average molecular weight is 234 g/mol. The summed E-state index contributed by atoms with van der Waals surface area (Å²) in [5, 5.41) is 1.71. The first kappa shape index (κ1) is 12.4. The lowest BCUT2D eigenvalue weighted by atomic mass is 10.2. The van der Waals surface area contributed by atoms with E-state index in [4.69, 9.17) is 5.73 Å². The Bertz CT molecular complexity index is 324. The molecule has 0 spiro atoms. The molecule has 1 fully saturated rings. The zero-order chi connectivity index (χ0) is 11.5. The van der Waals surface area contributed by atoms with Crippen LogP contribution in [0.4, 0.5) is 0 Å². The predicted molar refractivity (Wildman–Crippen MR) is 58.1 cm³/mol. The number of sulfone groups is 1. The number of carbonyl (C=O) groups excluding carboxylic acids is 1. The first-order valence-electron chi connectivity index (χ1n) is 5.18. The van der Waals surface area contributed by atoms with Gasteiger partial charge in [0.2, 0.25) is 5.91 Å². The quantitative estimate of drug-likeness (QED) is 0.683. The molecule has 1 aliphatic rings. The van der Waals surface area contributed by atoms with Gasteiger partial charge >= 0.3 is 0 Å². The van der Waals surface area contributed by atoms with Crippen LogP contribution in [-0.4, -0.2) is 37.9 Å². The summed E-state index contributed by atoms with van der Waals surface area (Å²) in [6, 6.07) is -0.153. The second-order valence-corrected chi connectivity index (χ2v) is 6.38. The number of nitrogens with two attached hydrogens (primary N) is 1. The topological polar surface area (TPSA) is 89.3 Å². The summed E-state index contributed by atoms with van der Waals surface area (Å²) >= 11 is 0. The summed E-state index contributed by atoms with van der Waals surface area (Å²) in [5.74, 6) is -0.268. The first-order valence-corrected chi connectivity index (χ1v) is 6.90. The Hall–Kier alpha value is -0.620. The molecule has 2 atom stereocenters. The van der Waals surface area contributed by atoms with Gasteiger partial charge in [0.05, 0.1) is 5.75 Å². The zero-order valence-corrected chi connectivity index (χ0v) is 9.72. The van der Waals surface area contributed by atoms with Crippen molar-refractivity contribution in [3.8, 4) is 0 Å². The molecule has 1 heterocycles. The summed E-state index contributed by atoms with van der Waals surface area (Å²) in [6.45, 7) is 2.08. The third kappa shape index (κ3) is 3.46. The van der Waals surface area contributed by atoms with Gasteiger partial charge < -0.3 is 11.1 Å². The molecule has 1 amide bonds. The van der Waals surface area contributed by atoms with Crippen molar-refractivity contribution in [2.45, 2.75) is 37.5 Å². The van der Waals surface area contributed by atoms with Crippen molar-refractivity contribution < 1.29 is 13.2 Å². The van der Waals surface area contributed by atoms with Gasteiger partial charge in [0.1, 0.15) is 5.25 Å². The highest BCUT2D eigenvalue weighted by Gasteiger charge is 2.34. The van der Waals surface area contributed by atoms with Gasteiger partial charge in [-0.25, -0.2) is 8.42 Å². The van der Waals surface area contributed by atoms with Crippen LogP contribution in [0.25, 0.3) is 0 Å². The van der Waals surface area contributed by atoms with Gasteiger partial charge in [0.25, 0.3) is 0 Å². The SMILES string of the molecule is CC(N)CNC(=O)C1CCCCS1(=O)=O. The predicted octanol–water partition coefficient (Wildman–Crippen LogP) is -0.583. The first-order chi connectivity index (χ1) is 6.93. The van der Waals surface area contributed by atoms with Crippen molar-refractivity contribution in [1.29, 1.82) is 0 Å². The van der Waals surface area contributed by atoms with E-state index in [0.29, 0.717) is 19.4 Å². The molecule has 88 valence electrons. The molecular weight excluding hydrogens is 216 g/mol. The van der Waals surface area contributed by atoms with Crippen LogP contribution in [0.1, 0.15) is 26.2 Å². The van der Waals surface area contributed by atoms with E-state index in [2.05, 4.69) is 5.32 Å². The summed E-state index contributed by atoms with van der Waals surface area (Å²) in [7, 11) is -3.22. The van der Waals surface area contributed by atoms with Crippen LogP contribution < -0.4 is 11.1 Å². The Morgan fingerprint density at radius 2 is 2.20 bits per heavy atom. The lowest BCUT2D eigenvalue weighted by Gasteiger charge is -2.21. The Labute approximate surface area is 90.3 Å². The van der Waals surface area contributed by atoms with Crippen molar-refractivity contribution in [3.63, 3.8) is 0 Å². The minimum atomic E-state index is -3.22. The third-order valence-electron chi connectivity index (χ3n) is 2.47. The highest BCUT2D eigenvalue weighted by Crippen LogP contribution is 2.19. The number of amides is 1. The fraction of sp³-hybridized carbons (Fsp3) is 0.889. The van der Waals surface area contributed by atoms with Crippen LogP contribution in [0.5, 0.6) is 0 Å². The monoisotopic (exact) mass is 234 g/mol. The van der Waals surface area contributed by atoms with E-state index in [1.54, 1.807) is 6.92 Å². The minimum absolute atomic E-state index is 0.128. The van der Waals surface area contributed by atoms with Crippen molar-refractivity contribution in [1.82, 2.24) is 5.32 Å². The maximum Gasteiger partial charge on any atom is 0.238 e. The van der Waals surface area contributed by atoms with Gasteiger partial charge in [-0.1, -0.05) is 6.42 Å². The fourth-order valence-electron chi connectivity index (χ4n) is 1.62. The highest BCUT2D eigenvalue weighted by atomic mass is 32.2. The van der Waals surface area contributed by atoms with Crippen LogP contribution in [0, 0.1) is 0 Å². The largest absolute Gasteiger partial charge is 0.353 e. The normalized spacial score (nSPS) is 26.9. The average Bonchev–Trinajstić information content (AvgIpc) is 2.13. The van der Waals surface area contributed by atoms with Gasteiger partial charge in [-0.3, -0.25) is 4.79 Å². The summed E-state index contributed by atoms with van der Waals surface area (Å²) in [4.78, 5) is 11.6. The van der Waals surface area contributed by atoms with E-state index >= 15 is 0 Å². The molecule has 2 unspecified atom stereocenters. The van der Waals surface area contributed by atoms with Gasteiger partial charge in [-0.2, -0.15) is 0 Å². The van der Waals surface area contributed by atoms with Crippen molar-refractivity contribution in [2.75, 3.05) is 12.3 Å². The van der Waals surface area contributed by atoms with Gasteiger partial charge in [0.15, 0.2) is 9.84 Å². The highest BCUT2D eigenvalue weighted by molar-refractivity contribution is 7.92. The third-order valence-corrected chi connectivity index (χ3v) is 4.64. The number of nitrogens with one attached hydrogen (secondary N) is 1. The van der Waals surface area contributed by atoms with Gasteiger partial charge in [0, 0.05) is 12.6 Å². The standard InChI is InChI=1S/C9H18N2O3S/c1-7(10)6-11-9(12)8-4-2-3-5-15(8,13)14/h7-8H,2-6,10H2,1H3,(H,11,12). The molecule has 0 aliphatic carbocycles. The van der Waals surface area contributed by atoms with Crippen LogP contribution in [0.3, 0.4) is 0 Å². The van der Waals surface area contributed by atoms with Crippen LogP contribution in [0.2, 0.25) is 0 Å². The lowest BCUT2D eigenvalue weighted by Crippen LogP contribution is -2.45. The molecule has 5 nitrogen and oxygen atoms in total. The Morgan fingerprint density at radius 3 is 2.73 bits per heavy atom. The smallest absolute Gasteiger partial charge is 0.238 e. The van der Waals surface area contributed by atoms with Crippen LogP contribution >= 0.6 is 0 Å². The molecule has 6 heteroatoms. The van der Waals surface area contributed by atoms with Crippen LogP contribution in [-0.2, 0) is 14.6 Å². The van der Waals surface area contributed by atoms with Crippen LogP contribution in [0.15, 0.2) is 0 Å².